The van der Waals surface area contributed by atoms with Crippen LogP contribution in [0, 0.1) is 0 Å². The fourth-order valence-corrected chi connectivity index (χ4v) is 2.32. The second-order valence-corrected chi connectivity index (χ2v) is 4.37. The van der Waals surface area contributed by atoms with Crippen molar-refractivity contribution in [2.75, 3.05) is 18.9 Å². The van der Waals surface area contributed by atoms with Gasteiger partial charge in [0.1, 0.15) is 5.52 Å². The molecule has 0 spiro atoms. The third-order valence-corrected chi connectivity index (χ3v) is 3.17. The fraction of sp³-hybridized carbons (Fsp3) is 0.500. The Hall–Kier alpha value is -1.40. The Morgan fingerprint density at radius 1 is 1.35 bits per heavy atom. The molecule has 1 fully saturated rings. The zero-order valence-corrected chi connectivity index (χ0v) is 9.89. The molecule has 0 radical (unpaired) electrons. The molecule has 3 rings (SSSR count). The Balaban J connectivity index is 2.13. The van der Waals surface area contributed by atoms with Crippen LogP contribution in [0.2, 0.25) is 5.28 Å². The van der Waals surface area contributed by atoms with Crippen LogP contribution in [0.4, 0.5) is 5.95 Å². The first-order valence-corrected chi connectivity index (χ1v) is 5.87. The minimum absolute atomic E-state index is 0.214. The molecule has 1 aliphatic rings. The average molecular weight is 254 g/mol. The van der Waals surface area contributed by atoms with E-state index in [0.29, 0.717) is 17.1 Å². The maximum Gasteiger partial charge on any atom is 0.224 e. The summed E-state index contributed by atoms with van der Waals surface area (Å²) in [6, 6.07) is 0.278. The molecule has 0 atom stereocenters. The van der Waals surface area contributed by atoms with Gasteiger partial charge in [-0.15, -0.1) is 0 Å². The van der Waals surface area contributed by atoms with Crippen LogP contribution in [0.1, 0.15) is 18.9 Å². The molecule has 90 valence electrons. The number of hydrogen-bond donors (Lipinski definition) is 1. The molecular formula is C10H12ClN5O. The number of imidazole rings is 1. The smallest absolute Gasteiger partial charge is 0.224 e. The van der Waals surface area contributed by atoms with Crippen LogP contribution < -0.4 is 5.73 Å². The van der Waals surface area contributed by atoms with E-state index in [-0.39, 0.29) is 11.3 Å². The van der Waals surface area contributed by atoms with Gasteiger partial charge < -0.3 is 10.5 Å². The predicted molar refractivity (Wildman–Crippen MR) is 63.8 cm³/mol. The summed E-state index contributed by atoms with van der Waals surface area (Å²) in [6.45, 7) is 1.48. The monoisotopic (exact) mass is 253 g/mol. The Kier molecular flexibility index (Phi) is 2.60. The highest BCUT2D eigenvalue weighted by Gasteiger charge is 2.21. The van der Waals surface area contributed by atoms with Gasteiger partial charge in [-0.3, -0.25) is 4.57 Å². The molecule has 0 amide bonds. The standard InChI is InChI=1S/C10H12ClN5O/c11-9-13-5-7-8(15-9)16(10(12)14-7)6-1-3-17-4-2-6/h5-6H,1-4H2,(H2,12,14). The molecule has 0 bridgehead atoms. The van der Waals surface area contributed by atoms with Crippen molar-refractivity contribution in [3.05, 3.63) is 11.5 Å². The van der Waals surface area contributed by atoms with E-state index in [0.717, 1.165) is 26.1 Å². The first-order chi connectivity index (χ1) is 8.25. The average Bonchev–Trinajstić information content (AvgIpc) is 2.65. The lowest BCUT2D eigenvalue weighted by molar-refractivity contribution is 0.0710. The molecule has 0 aliphatic carbocycles. The van der Waals surface area contributed by atoms with Gasteiger partial charge in [-0.2, -0.15) is 4.98 Å². The molecule has 0 aromatic carbocycles. The molecule has 1 saturated heterocycles. The molecule has 6 nitrogen and oxygen atoms in total. The molecule has 2 aromatic heterocycles. The molecule has 3 heterocycles. The largest absolute Gasteiger partial charge is 0.381 e. The third kappa shape index (κ3) is 1.83. The van der Waals surface area contributed by atoms with E-state index >= 15 is 0 Å². The van der Waals surface area contributed by atoms with E-state index in [2.05, 4.69) is 15.0 Å². The third-order valence-electron chi connectivity index (χ3n) is 2.99. The summed E-state index contributed by atoms with van der Waals surface area (Å²) in [5.74, 6) is 0.462. The summed E-state index contributed by atoms with van der Waals surface area (Å²) in [5, 5.41) is 0.214. The second kappa shape index (κ2) is 4.12. The van der Waals surface area contributed by atoms with Crippen molar-refractivity contribution in [3.63, 3.8) is 0 Å². The van der Waals surface area contributed by atoms with E-state index in [1.807, 2.05) is 4.57 Å². The number of rotatable bonds is 1. The molecule has 0 saturated carbocycles. The number of aromatic nitrogens is 4. The van der Waals surface area contributed by atoms with Gasteiger partial charge in [0.25, 0.3) is 0 Å². The zero-order chi connectivity index (χ0) is 11.8. The van der Waals surface area contributed by atoms with Gasteiger partial charge in [0.05, 0.1) is 6.20 Å². The predicted octanol–water partition coefficient (Wildman–Crippen LogP) is 1.41. The number of nitrogen functional groups attached to an aromatic ring is 1. The van der Waals surface area contributed by atoms with Crippen LogP contribution in [-0.2, 0) is 4.74 Å². The van der Waals surface area contributed by atoms with Gasteiger partial charge >= 0.3 is 0 Å². The Morgan fingerprint density at radius 3 is 2.88 bits per heavy atom. The van der Waals surface area contributed by atoms with Gasteiger partial charge in [-0.05, 0) is 24.4 Å². The highest BCUT2D eigenvalue weighted by Crippen LogP contribution is 2.28. The Morgan fingerprint density at radius 2 is 2.12 bits per heavy atom. The van der Waals surface area contributed by atoms with E-state index < -0.39 is 0 Å². The van der Waals surface area contributed by atoms with E-state index in [1.54, 1.807) is 6.20 Å². The zero-order valence-electron chi connectivity index (χ0n) is 9.14. The van der Waals surface area contributed by atoms with Crippen molar-refractivity contribution in [2.24, 2.45) is 0 Å². The number of hydrogen-bond acceptors (Lipinski definition) is 5. The number of fused-ring (bicyclic) bond motifs is 1. The quantitative estimate of drug-likeness (QED) is 0.778. The van der Waals surface area contributed by atoms with Crippen molar-refractivity contribution in [1.82, 2.24) is 19.5 Å². The fourth-order valence-electron chi connectivity index (χ4n) is 2.19. The number of ether oxygens (including phenoxy) is 1. The normalized spacial score (nSPS) is 17.7. The lowest BCUT2D eigenvalue weighted by atomic mass is 10.1. The highest BCUT2D eigenvalue weighted by atomic mass is 35.5. The number of anilines is 1. The topological polar surface area (TPSA) is 78.9 Å². The van der Waals surface area contributed by atoms with Crippen molar-refractivity contribution in [1.29, 1.82) is 0 Å². The van der Waals surface area contributed by atoms with Gasteiger partial charge in [-0.25, -0.2) is 9.97 Å². The molecule has 2 aromatic rings. The van der Waals surface area contributed by atoms with Crippen molar-refractivity contribution < 1.29 is 4.74 Å². The van der Waals surface area contributed by atoms with Crippen LogP contribution in [0.25, 0.3) is 11.2 Å². The summed E-state index contributed by atoms with van der Waals surface area (Å²) in [5.41, 5.74) is 7.32. The van der Waals surface area contributed by atoms with Crippen LogP contribution >= 0.6 is 11.6 Å². The van der Waals surface area contributed by atoms with E-state index in [9.17, 15) is 0 Å². The van der Waals surface area contributed by atoms with Crippen molar-refractivity contribution in [2.45, 2.75) is 18.9 Å². The Bertz CT molecular complexity index is 549. The summed E-state index contributed by atoms with van der Waals surface area (Å²) >= 11 is 5.81. The van der Waals surface area contributed by atoms with Crippen molar-refractivity contribution >= 4 is 28.7 Å². The Labute approximate surface area is 103 Å². The summed E-state index contributed by atoms with van der Waals surface area (Å²) in [6.07, 6.45) is 3.42. The lowest BCUT2D eigenvalue weighted by Crippen LogP contribution is -2.21. The number of nitrogens with zero attached hydrogens (tertiary/aromatic N) is 4. The molecule has 0 unspecified atom stereocenters. The molecule has 7 heteroatoms. The molecular weight excluding hydrogens is 242 g/mol. The van der Waals surface area contributed by atoms with E-state index in [1.165, 1.54) is 0 Å². The maximum absolute atomic E-state index is 5.93. The van der Waals surface area contributed by atoms with Gasteiger partial charge in [0, 0.05) is 19.3 Å². The first-order valence-electron chi connectivity index (χ1n) is 5.49. The summed E-state index contributed by atoms with van der Waals surface area (Å²) in [7, 11) is 0. The lowest BCUT2D eigenvalue weighted by Gasteiger charge is -2.24. The maximum atomic E-state index is 5.93. The van der Waals surface area contributed by atoms with E-state index in [4.69, 9.17) is 22.1 Å². The highest BCUT2D eigenvalue weighted by molar-refractivity contribution is 6.28. The second-order valence-electron chi connectivity index (χ2n) is 4.03. The van der Waals surface area contributed by atoms with Crippen LogP contribution in [0.15, 0.2) is 6.20 Å². The summed E-state index contributed by atoms with van der Waals surface area (Å²) < 4.78 is 7.28. The minimum atomic E-state index is 0.214. The molecule has 1 aliphatic heterocycles. The van der Waals surface area contributed by atoms with Crippen LogP contribution in [0.3, 0.4) is 0 Å². The summed E-state index contributed by atoms with van der Waals surface area (Å²) in [4.78, 5) is 12.4. The SMILES string of the molecule is Nc1nc2cnc(Cl)nc2n1C1CCOCC1. The van der Waals surface area contributed by atoms with Gasteiger partial charge in [-0.1, -0.05) is 0 Å². The molecule has 2 N–H and O–H groups in total. The van der Waals surface area contributed by atoms with Crippen LogP contribution in [0.5, 0.6) is 0 Å². The number of nitrogens with two attached hydrogens (primary N) is 1. The minimum Gasteiger partial charge on any atom is -0.381 e. The van der Waals surface area contributed by atoms with Gasteiger partial charge in [0.2, 0.25) is 11.2 Å². The van der Waals surface area contributed by atoms with Gasteiger partial charge in [0.15, 0.2) is 5.65 Å². The van der Waals surface area contributed by atoms with Crippen molar-refractivity contribution in [3.8, 4) is 0 Å². The van der Waals surface area contributed by atoms with Crippen LogP contribution in [-0.4, -0.2) is 32.7 Å². The first kappa shape index (κ1) is 10.7. The number of halogens is 1. The molecule has 17 heavy (non-hydrogen) atoms.